The molecule has 3 heterocycles. The lowest BCUT2D eigenvalue weighted by molar-refractivity contribution is 0.0386. The molecule has 4 rings (SSSR count). The number of pyridine rings is 1. The van der Waals surface area contributed by atoms with Gasteiger partial charge in [-0.2, -0.15) is 0 Å². The quantitative estimate of drug-likeness (QED) is 0.184. The maximum atomic E-state index is 12.8. The summed E-state index contributed by atoms with van der Waals surface area (Å²) in [5.41, 5.74) is 3.77. The number of thiophene rings is 1. The fourth-order valence-electron chi connectivity index (χ4n) is 3.51. The van der Waals surface area contributed by atoms with E-state index in [1.807, 2.05) is 55.6 Å². The van der Waals surface area contributed by atoms with Gasteiger partial charge in [0.2, 0.25) is 0 Å². The number of carbonyl (C=O) groups is 1. The molecule has 0 unspecified atom stereocenters. The van der Waals surface area contributed by atoms with Crippen LogP contribution in [0.1, 0.15) is 15.2 Å². The number of aliphatic imine (C=N–C) groups is 1. The van der Waals surface area contributed by atoms with Crippen LogP contribution in [0.2, 0.25) is 0 Å². The van der Waals surface area contributed by atoms with Gasteiger partial charge in [0.15, 0.2) is 0 Å². The lowest BCUT2D eigenvalue weighted by Crippen LogP contribution is -2.40. The van der Waals surface area contributed by atoms with Crippen molar-refractivity contribution in [2.75, 3.05) is 50.6 Å². The van der Waals surface area contributed by atoms with Gasteiger partial charge in [-0.25, -0.2) is 0 Å². The summed E-state index contributed by atoms with van der Waals surface area (Å²) in [6, 6.07) is 13.6. The highest BCUT2D eigenvalue weighted by atomic mass is 32.2. The summed E-state index contributed by atoms with van der Waals surface area (Å²) >= 11 is 2.99. The van der Waals surface area contributed by atoms with Gasteiger partial charge >= 0.3 is 0 Å². The minimum absolute atomic E-state index is 0.150. The number of nitrogens with zero attached hydrogens (tertiary/aromatic N) is 3. The fourth-order valence-corrected chi connectivity index (χ4v) is 5.43. The van der Waals surface area contributed by atoms with Crippen molar-refractivity contribution in [3.63, 3.8) is 0 Å². The van der Waals surface area contributed by atoms with Crippen molar-refractivity contribution in [3.05, 3.63) is 59.1 Å². The van der Waals surface area contributed by atoms with Gasteiger partial charge in [-0.15, -0.1) is 23.1 Å². The number of benzene rings is 1. The summed E-state index contributed by atoms with van der Waals surface area (Å²) in [6.07, 6.45) is 1.85. The molecule has 3 aromatic rings. The molecule has 0 spiro atoms. The molecular formula is C25H29N5O2S2. The Morgan fingerprint density at radius 1 is 1.24 bits per heavy atom. The maximum absolute atomic E-state index is 12.8. The Kier molecular flexibility index (Phi) is 8.84. The molecule has 1 aromatic carbocycles. The molecule has 178 valence electrons. The van der Waals surface area contributed by atoms with Gasteiger partial charge in [-0.1, -0.05) is 18.2 Å². The molecule has 1 amide bonds. The lowest BCUT2D eigenvalue weighted by Gasteiger charge is -2.26. The third kappa shape index (κ3) is 6.74. The molecule has 1 aliphatic rings. The number of hydrogen-bond donors (Lipinski definition) is 2. The maximum Gasteiger partial charge on any atom is 0.265 e. The smallest absolute Gasteiger partial charge is 0.265 e. The van der Waals surface area contributed by atoms with E-state index in [4.69, 9.17) is 4.74 Å². The summed E-state index contributed by atoms with van der Waals surface area (Å²) in [4.78, 5) is 25.4. The number of aromatic nitrogens is 1. The van der Waals surface area contributed by atoms with Crippen molar-refractivity contribution < 1.29 is 9.53 Å². The summed E-state index contributed by atoms with van der Waals surface area (Å²) in [5.74, 6) is 0.599. The van der Waals surface area contributed by atoms with Crippen molar-refractivity contribution in [2.45, 2.75) is 11.8 Å². The Morgan fingerprint density at radius 3 is 2.74 bits per heavy atom. The van der Waals surface area contributed by atoms with Crippen LogP contribution in [0.15, 0.2) is 58.5 Å². The van der Waals surface area contributed by atoms with E-state index >= 15 is 0 Å². The molecule has 1 saturated heterocycles. The van der Waals surface area contributed by atoms with Gasteiger partial charge in [-0.05, 0) is 43.5 Å². The molecule has 0 atom stereocenters. The molecule has 1 fully saturated rings. The van der Waals surface area contributed by atoms with Gasteiger partial charge in [-0.3, -0.25) is 19.7 Å². The zero-order valence-corrected chi connectivity index (χ0v) is 20.9. The number of nitrogens with one attached hydrogen (secondary N) is 2. The highest BCUT2D eigenvalue weighted by Crippen LogP contribution is 2.37. The molecular weight excluding hydrogens is 466 g/mol. The Labute approximate surface area is 208 Å². The number of thioether (sulfide) groups is 1. The summed E-state index contributed by atoms with van der Waals surface area (Å²) in [5, 5.41) is 7.19. The molecule has 1 aliphatic heterocycles. The molecule has 0 saturated carbocycles. The van der Waals surface area contributed by atoms with Crippen LogP contribution in [0.5, 0.6) is 0 Å². The zero-order chi connectivity index (χ0) is 23.8. The van der Waals surface area contributed by atoms with E-state index < -0.39 is 0 Å². The predicted molar refractivity (Wildman–Crippen MR) is 142 cm³/mol. The molecule has 2 aromatic heterocycles. The Hall–Kier alpha value is -2.56. The monoisotopic (exact) mass is 495 g/mol. The van der Waals surface area contributed by atoms with Crippen molar-refractivity contribution >= 4 is 46.4 Å². The number of amides is 1. The second-order valence-corrected chi connectivity index (χ2v) is 9.98. The molecule has 0 bridgehead atoms. The molecule has 9 heteroatoms. The number of hydrogen-bond acceptors (Lipinski definition) is 8. The van der Waals surface area contributed by atoms with E-state index in [9.17, 15) is 4.79 Å². The fraction of sp³-hybridized carbons (Fsp3) is 0.320. The van der Waals surface area contributed by atoms with Crippen molar-refractivity contribution in [2.24, 2.45) is 4.99 Å². The van der Waals surface area contributed by atoms with E-state index in [1.54, 1.807) is 11.8 Å². The first kappa shape index (κ1) is 24.6. The number of rotatable bonds is 10. The van der Waals surface area contributed by atoms with Crippen LogP contribution in [0.25, 0.3) is 11.3 Å². The van der Waals surface area contributed by atoms with Gasteiger partial charge < -0.3 is 15.4 Å². The highest BCUT2D eigenvalue weighted by molar-refractivity contribution is 7.99. The van der Waals surface area contributed by atoms with Crippen LogP contribution in [0.3, 0.4) is 0 Å². The number of carbonyl (C=O) groups excluding carboxylic acids is 1. The van der Waals surface area contributed by atoms with E-state index in [-0.39, 0.29) is 5.91 Å². The molecule has 0 aliphatic carbocycles. The standard InChI is InChI=1S/C25H29N5O2S2/c1-18-3-8-21(28-16-18)19-4-6-20(7-5-19)29-24(31)22-15-23(25(26-2)34-22)33-17-27-9-10-30-11-13-32-14-12-30/h3-8,15-16,27H,2,9-14,17H2,1H3,(H,29,31). The largest absolute Gasteiger partial charge is 0.379 e. The summed E-state index contributed by atoms with van der Waals surface area (Å²) in [6.45, 7) is 11.2. The van der Waals surface area contributed by atoms with Gasteiger partial charge in [0.25, 0.3) is 5.91 Å². The second-order valence-electron chi connectivity index (χ2n) is 7.93. The minimum atomic E-state index is -0.150. The highest BCUT2D eigenvalue weighted by Gasteiger charge is 2.15. The van der Waals surface area contributed by atoms with Crippen LogP contribution < -0.4 is 10.6 Å². The average Bonchev–Trinajstić information content (AvgIpc) is 3.29. The summed E-state index contributed by atoms with van der Waals surface area (Å²) in [7, 11) is 0. The van der Waals surface area contributed by atoms with Gasteiger partial charge in [0, 0.05) is 54.4 Å². The number of ether oxygens (including phenoxy) is 1. The van der Waals surface area contributed by atoms with Crippen molar-refractivity contribution in [1.29, 1.82) is 0 Å². The zero-order valence-electron chi connectivity index (χ0n) is 19.3. The van der Waals surface area contributed by atoms with Crippen LogP contribution in [-0.4, -0.2) is 67.8 Å². The first-order valence-corrected chi connectivity index (χ1v) is 13.0. The Morgan fingerprint density at radius 2 is 2.03 bits per heavy atom. The topological polar surface area (TPSA) is 78.8 Å². The average molecular weight is 496 g/mol. The van der Waals surface area contributed by atoms with Crippen LogP contribution in [-0.2, 0) is 4.74 Å². The molecule has 2 N–H and O–H groups in total. The number of morpholine rings is 1. The van der Waals surface area contributed by atoms with Crippen molar-refractivity contribution in [1.82, 2.24) is 15.2 Å². The molecule has 0 radical (unpaired) electrons. The molecule has 7 nitrogen and oxygen atoms in total. The SMILES string of the molecule is C=Nc1sc(C(=O)Nc2ccc(-c3ccc(C)cn3)cc2)cc1SCNCCN1CCOCC1. The van der Waals surface area contributed by atoms with Gasteiger partial charge in [0.1, 0.15) is 5.00 Å². The lowest BCUT2D eigenvalue weighted by atomic mass is 10.1. The Balaban J connectivity index is 1.29. The van der Waals surface area contributed by atoms with E-state index in [1.165, 1.54) is 11.3 Å². The van der Waals surface area contributed by atoms with Crippen LogP contribution in [0.4, 0.5) is 10.7 Å². The van der Waals surface area contributed by atoms with E-state index in [0.717, 1.165) is 77.7 Å². The first-order valence-electron chi connectivity index (χ1n) is 11.2. The molecule has 34 heavy (non-hydrogen) atoms. The third-order valence-corrected chi connectivity index (χ3v) is 7.60. The number of aryl methyl sites for hydroxylation is 1. The summed E-state index contributed by atoms with van der Waals surface area (Å²) < 4.78 is 5.38. The second kappa shape index (κ2) is 12.2. The predicted octanol–water partition coefficient (Wildman–Crippen LogP) is 4.67. The van der Waals surface area contributed by atoms with Gasteiger partial charge in [0.05, 0.1) is 23.8 Å². The first-order chi connectivity index (χ1) is 16.6. The normalized spacial score (nSPS) is 14.1. The van der Waals surface area contributed by atoms with Crippen LogP contribution in [0, 0.1) is 6.92 Å². The third-order valence-electron chi connectivity index (χ3n) is 5.44. The Bertz CT molecular complexity index is 1090. The minimum Gasteiger partial charge on any atom is -0.379 e. The van der Waals surface area contributed by atoms with E-state index in [0.29, 0.717) is 4.88 Å². The van der Waals surface area contributed by atoms with E-state index in [2.05, 4.69) is 32.2 Å². The van der Waals surface area contributed by atoms with Crippen molar-refractivity contribution in [3.8, 4) is 11.3 Å². The number of anilines is 1. The van der Waals surface area contributed by atoms with Crippen LogP contribution >= 0.6 is 23.1 Å².